The number of carbonyl (C=O) groups is 1. The van der Waals surface area contributed by atoms with Gasteiger partial charge < -0.3 is 15.0 Å². The van der Waals surface area contributed by atoms with E-state index < -0.39 is 10.0 Å². The van der Waals surface area contributed by atoms with Gasteiger partial charge in [-0.15, -0.1) is 0 Å². The maximum Gasteiger partial charge on any atom is 0.242 e. The van der Waals surface area contributed by atoms with E-state index in [1.165, 1.54) is 23.4 Å². The molecule has 1 atom stereocenters. The normalized spacial score (nSPS) is 19.7. The first-order valence-corrected chi connectivity index (χ1v) is 8.87. The summed E-state index contributed by atoms with van der Waals surface area (Å²) in [4.78, 5) is 13.3. The van der Waals surface area contributed by atoms with Crippen LogP contribution in [0.5, 0.6) is 0 Å². The molecule has 1 aliphatic rings. The molecule has 1 unspecified atom stereocenters. The summed E-state index contributed by atoms with van der Waals surface area (Å²) < 4.78 is 32.1. The average Bonchev–Trinajstić information content (AvgIpc) is 2.47. The second-order valence-corrected chi connectivity index (χ2v) is 7.79. The molecule has 1 saturated heterocycles. The molecule has 1 aromatic rings. The van der Waals surface area contributed by atoms with Crippen LogP contribution in [0.4, 0.5) is 5.69 Å². The van der Waals surface area contributed by atoms with Crippen LogP contribution in [0.15, 0.2) is 29.2 Å². The van der Waals surface area contributed by atoms with Crippen molar-refractivity contribution in [2.45, 2.75) is 17.9 Å². The molecule has 7 nitrogen and oxygen atoms in total. The van der Waals surface area contributed by atoms with Crippen LogP contribution < -0.4 is 5.32 Å². The molecule has 2 rings (SSSR count). The fraction of sp³-hybridized carbons (Fsp3) is 0.533. The second kappa shape index (κ2) is 7.39. The van der Waals surface area contributed by atoms with Crippen LogP contribution in [-0.2, 0) is 19.6 Å². The lowest BCUT2D eigenvalue weighted by molar-refractivity contribution is -0.114. The Labute approximate surface area is 137 Å². The molecule has 0 bridgehead atoms. The molecule has 1 aromatic carbocycles. The highest BCUT2D eigenvalue weighted by Crippen LogP contribution is 2.18. The van der Waals surface area contributed by atoms with E-state index in [1.54, 1.807) is 19.2 Å². The van der Waals surface area contributed by atoms with Gasteiger partial charge in [-0.2, -0.15) is 4.31 Å². The van der Waals surface area contributed by atoms with Gasteiger partial charge in [-0.25, -0.2) is 8.42 Å². The highest BCUT2D eigenvalue weighted by molar-refractivity contribution is 7.89. The molecular formula is C15H23N3O4S. The lowest BCUT2D eigenvalue weighted by Crippen LogP contribution is -2.46. The first-order chi connectivity index (χ1) is 10.8. The van der Waals surface area contributed by atoms with E-state index in [1.807, 2.05) is 7.05 Å². The van der Waals surface area contributed by atoms with Crippen LogP contribution >= 0.6 is 0 Å². The number of hydrogen-bond donors (Lipinski definition) is 1. The molecule has 0 saturated carbocycles. The Morgan fingerprint density at radius 2 is 2.04 bits per heavy atom. The number of nitrogens with zero attached hydrogens (tertiary/aromatic N) is 2. The van der Waals surface area contributed by atoms with Crippen molar-refractivity contribution in [3.8, 4) is 0 Å². The van der Waals surface area contributed by atoms with Crippen molar-refractivity contribution in [3.63, 3.8) is 0 Å². The number of rotatable bonds is 5. The summed E-state index contributed by atoms with van der Waals surface area (Å²) in [5, 5.41) is 2.61. The predicted molar refractivity (Wildman–Crippen MR) is 87.8 cm³/mol. The Morgan fingerprint density at radius 3 is 2.61 bits per heavy atom. The first kappa shape index (κ1) is 17.9. The number of likely N-dealkylation sites (N-methyl/N-ethyl adjacent to an activating group) is 2. The molecule has 1 heterocycles. The summed E-state index contributed by atoms with van der Waals surface area (Å²) in [6, 6.07) is 6.13. The number of hydrogen-bond acceptors (Lipinski definition) is 5. The maximum absolute atomic E-state index is 12.6. The van der Waals surface area contributed by atoms with Gasteiger partial charge in [0.2, 0.25) is 15.9 Å². The third-order valence-electron chi connectivity index (χ3n) is 3.69. The molecule has 8 heteroatoms. The van der Waals surface area contributed by atoms with Gasteiger partial charge in [-0.3, -0.25) is 4.79 Å². The largest absolute Gasteiger partial charge is 0.374 e. The van der Waals surface area contributed by atoms with Crippen LogP contribution in [-0.4, -0.2) is 70.0 Å². The van der Waals surface area contributed by atoms with Crippen molar-refractivity contribution in [1.29, 1.82) is 0 Å². The third kappa shape index (κ3) is 4.74. The molecule has 0 aliphatic carbocycles. The first-order valence-electron chi connectivity index (χ1n) is 7.43. The minimum Gasteiger partial charge on any atom is -0.374 e. The van der Waals surface area contributed by atoms with Crippen LogP contribution in [0.1, 0.15) is 6.92 Å². The van der Waals surface area contributed by atoms with Crippen molar-refractivity contribution in [2.24, 2.45) is 0 Å². The van der Waals surface area contributed by atoms with Gasteiger partial charge in [-0.05, 0) is 31.3 Å². The Balaban J connectivity index is 2.06. The van der Waals surface area contributed by atoms with Crippen molar-refractivity contribution in [3.05, 3.63) is 24.3 Å². The molecule has 23 heavy (non-hydrogen) atoms. The molecule has 1 fully saturated rings. The fourth-order valence-corrected chi connectivity index (χ4v) is 3.66. The molecule has 1 N–H and O–H groups in total. The zero-order chi connectivity index (χ0) is 17.0. The van der Waals surface area contributed by atoms with Gasteiger partial charge in [-0.1, -0.05) is 0 Å². The Hall–Kier alpha value is -1.48. The highest BCUT2D eigenvalue weighted by atomic mass is 32.2. The Kier molecular flexibility index (Phi) is 5.74. The van der Waals surface area contributed by atoms with Gasteiger partial charge >= 0.3 is 0 Å². The van der Waals surface area contributed by atoms with Crippen molar-refractivity contribution in [1.82, 2.24) is 9.21 Å². The molecule has 0 spiro atoms. The molecule has 0 radical (unpaired) electrons. The van der Waals surface area contributed by atoms with E-state index in [2.05, 4.69) is 10.2 Å². The summed E-state index contributed by atoms with van der Waals surface area (Å²) in [5.74, 6) is -0.198. The number of carbonyl (C=O) groups excluding carboxylic acids is 1. The van der Waals surface area contributed by atoms with Crippen LogP contribution in [0.25, 0.3) is 0 Å². The fourth-order valence-electron chi connectivity index (χ4n) is 2.46. The van der Waals surface area contributed by atoms with Gasteiger partial charge in [0.1, 0.15) is 0 Å². The number of amides is 1. The van der Waals surface area contributed by atoms with Gasteiger partial charge in [0.05, 0.1) is 17.6 Å². The molecule has 0 aromatic heterocycles. The minimum atomic E-state index is -3.58. The lowest BCUT2D eigenvalue weighted by Gasteiger charge is -2.32. The number of anilines is 1. The maximum atomic E-state index is 12.6. The molecule has 1 aliphatic heterocycles. The standard InChI is InChI=1S/C15H23N3O4S/c1-12(19)16-13-4-6-15(7-5-13)23(20,21)18(3)11-14-10-17(2)8-9-22-14/h4-7,14H,8-11H2,1-3H3,(H,16,19). The van der Waals surface area contributed by atoms with Crippen molar-refractivity contribution in [2.75, 3.05) is 45.7 Å². The summed E-state index contributed by atoms with van der Waals surface area (Å²) in [6.45, 7) is 3.89. The molecular weight excluding hydrogens is 318 g/mol. The van der Waals surface area contributed by atoms with Crippen LogP contribution in [0, 0.1) is 0 Å². The highest BCUT2D eigenvalue weighted by Gasteiger charge is 2.26. The van der Waals surface area contributed by atoms with E-state index in [-0.39, 0.29) is 16.9 Å². The summed E-state index contributed by atoms with van der Waals surface area (Å²) >= 11 is 0. The van der Waals surface area contributed by atoms with Crippen LogP contribution in [0.2, 0.25) is 0 Å². The number of benzene rings is 1. The van der Waals surface area contributed by atoms with E-state index in [4.69, 9.17) is 4.74 Å². The smallest absolute Gasteiger partial charge is 0.242 e. The van der Waals surface area contributed by atoms with E-state index in [0.29, 0.717) is 25.4 Å². The minimum absolute atomic E-state index is 0.132. The van der Waals surface area contributed by atoms with Gasteiger partial charge in [0, 0.05) is 39.3 Å². The summed E-state index contributed by atoms with van der Waals surface area (Å²) in [5.41, 5.74) is 0.566. The Bertz CT molecular complexity index is 645. The quantitative estimate of drug-likeness (QED) is 0.848. The molecule has 128 valence electrons. The van der Waals surface area contributed by atoms with Crippen molar-refractivity contribution < 1.29 is 17.9 Å². The second-order valence-electron chi connectivity index (χ2n) is 5.75. The van der Waals surface area contributed by atoms with Crippen molar-refractivity contribution >= 4 is 21.6 Å². The lowest BCUT2D eigenvalue weighted by atomic mass is 10.3. The number of nitrogens with one attached hydrogen (secondary N) is 1. The zero-order valence-corrected chi connectivity index (χ0v) is 14.5. The molecule has 1 amide bonds. The number of ether oxygens (including phenoxy) is 1. The van der Waals surface area contributed by atoms with E-state index in [9.17, 15) is 13.2 Å². The van der Waals surface area contributed by atoms with E-state index >= 15 is 0 Å². The summed E-state index contributed by atoms with van der Waals surface area (Å²) in [6.07, 6.45) is -0.132. The van der Waals surface area contributed by atoms with E-state index in [0.717, 1.165) is 6.54 Å². The Morgan fingerprint density at radius 1 is 1.39 bits per heavy atom. The number of sulfonamides is 1. The predicted octanol–water partition coefficient (Wildman–Crippen LogP) is 0.596. The average molecular weight is 341 g/mol. The van der Waals surface area contributed by atoms with Gasteiger partial charge in [0.25, 0.3) is 0 Å². The number of morpholine rings is 1. The van der Waals surface area contributed by atoms with Gasteiger partial charge in [0.15, 0.2) is 0 Å². The van der Waals surface area contributed by atoms with Crippen LogP contribution in [0.3, 0.4) is 0 Å². The topological polar surface area (TPSA) is 79.0 Å². The zero-order valence-electron chi connectivity index (χ0n) is 13.7. The monoisotopic (exact) mass is 341 g/mol. The third-order valence-corrected chi connectivity index (χ3v) is 5.52. The summed E-state index contributed by atoms with van der Waals surface area (Å²) in [7, 11) is -0.0375. The SMILES string of the molecule is CC(=O)Nc1ccc(S(=O)(=O)N(C)CC2CN(C)CCO2)cc1.